The molecule has 160 valence electrons. The fourth-order valence-corrected chi connectivity index (χ4v) is 3.59. The molecule has 0 saturated heterocycles. The summed E-state index contributed by atoms with van der Waals surface area (Å²) < 4.78 is 5.92. The number of ether oxygens (including phenoxy) is 1. The lowest BCUT2D eigenvalue weighted by molar-refractivity contribution is -0.385. The normalized spacial score (nSPS) is 14.9. The van der Waals surface area contributed by atoms with Crippen LogP contribution in [-0.4, -0.2) is 33.5 Å². The molecule has 6 nitrogen and oxygen atoms in total. The van der Waals surface area contributed by atoms with Crippen LogP contribution in [0.4, 0.5) is 5.69 Å². The Hall–Kier alpha value is -2.06. The van der Waals surface area contributed by atoms with Gasteiger partial charge in [-0.1, -0.05) is 59.6 Å². The highest BCUT2D eigenvalue weighted by atomic mass is 79.9. The van der Waals surface area contributed by atoms with E-state index in [4.69, 9.17) is 27.9 Å². The zero-order valence-corrected chi connectivity index (χ0v) is 19.3. The van der Waals surface area contributed by atoms with Crippen molar-refractivity contribution in [1.29, 1.82) is 0 Å². The number of halogens is 3. The summed E-state index contributed by atoms with van der Waals surface area (Å²) in [7, 11) is 0. The summed E-state index contributed by atoms with van der Waals surface area (Å²) >= 11 is 12.8. The molecule has 2 aromatic rings. The number of benzene rings is 2. The van der Waals surface area contributed by atoms with Gasteiger partial charge in [-0.2, -0.15) is 0 Å². The summed E-state index contributed by atoms with van der Waals surface area (Å²) in [5.74, 6) is 0. The number of nitro benzene ring substituents is 1. The van der Waals surface area contributed by atoms with Crippen LogP contribution in [0.1, 0.15) is 17.2 Å². The summed E-state index contributed by atoms with van der Waals surface area (Å²) in [5, 5.41) is 11.9. The van der Waals surface area contributed by atoms with Crippen molar-refractivity contribution in [3.8, 4) is 0 Å². The van der Waals surface area contributed by atoms with Crippen molar-refractivity contribution in [1.82, 2.24) is 9.80 Å². The minimum absolute atomic E-state index is 0. The molecule has 3 rings (SSSR count). The average Bonchev–Trinajstić information content (AvgIpc) is 3.18. The van der Waals surface area contributed by atoms with Crippen molar-refractivity contribution >= 4 is 45.9 Å². The van der Waals surface area contributed by atoms with Gasteiger partial charge in [0.1, 0.15) is 11.6 Å². The molecule has 9 heteroatoms. The Labute approximate surface area is 196 Å². The lowest BCUT2D eigenvalue weighted by Crippen LogP contribution is -2.35. The molecule has 1 aliphatic rings. The van der Waals surface area contributed by atoms with Crippen LogP contribution in [-0.2, 0) is 11.3 Å². The zero-order chi connectivity index (χ0) is 20.8. The molecular weight excluding hydrogens is 493 g/mol. The number of rotatable bonds is 9. The van der Waals surface area contributed by atoms with E-state index in [2.05, 4.69) is 6.58 Å². The van der Waals surface area contributed by atoms with Crippen LogP contribution >= 0.6 is 40.2 Å². The van der Waals surface area contributed by atoms with Gasteiger partial charge in [-0.05, 0) is 17.7 Å². The number of nitrogens with zero attached hydrogens (tertiary/aromatic N) is 3. The molecule has 30 heavy (non-hydrogen) atoms. The first-order valence-electron chi connectivity index (χ1n) is 9.02. The maximum atomic E-state index is 11.2. The second-order valence-electron chi connectivity index (χ2n) is 6.55. The third-order valence-electron chi connectivity index (χ3n) is 4.53. The van der Waals surface area contributed by atoms with Crippen LogP contribution < -0.4 is 0 Å². The fourth-order valence-electron chi connectivity index (χ4n) is 3.12. The van der Waals surface area contributed by atoms with Gasteiger partial charge in [0.2, 0.25) is 0 Å². The molecule has 2 atom stereocenters. The van der Waals surface area contributed by atoms with Gasteiger partial charge in [0.05, 0.1) is 24.7 Å². The van der Waals surface area contributed by atoms with Gasteiger partial charge in [-0.3, -0.25) is 10.1 Å². The van der Waals surface area contributed by atoms with Gasteiger partial charge in [0.15, 0.2) is 0 Å². The van der Waals surface area contributed by atoms with Gasteiger partial charge in [-0.15, -0.1) is 23.6 Å². The molecule has 0 amide bonds. The lowest BCUT2D eigenvalue weighted by atomic mass is 10.1. The Morgan fingerprint density at radius 3 is 2.57 bits per heavy atom. The highest BCUT2D eigenvalue weighted by Crippen LogP contribution is 2.31. The van der Waals surface area contributed by atoms with E-state index >= 15 is 0 Å². The van der Waals surface area contributed by atoms with Crippen molar-refractivity contribution in [2.45, 2.75) is 18.1 Å². The van der Waals surface area contributed by atoms with E-state index < -0.39 is 11.6 Å². The molecule has 0 saturated carbocycles. The van der Waals surface area contributed by atoms with Crippen molar-refractivity contribution in [2.75, 3.05) is 13.3 Å². The quantitative estimate of drug-likeness (QED) is 0.137. The molecule has 0 bridgehead atoms. The van der Waals surface area contributed by atoms with Crippen molar-refractivity contribution in [3.05, 3.63) is 99.8 Å². The Kier molecular flexibility index (Phi) is 9.17. The van der Waals surface area contributed by atoms with Crippen LogP contribution in [0.2, 0.25) is 5.02 Å². The van der Waals surface area contributed by atoms with Crippen LogP contribution in [0.25, 0.3) is 0 Å². The van der Waals surface area contributed by atoms with E-state index in [1.54, 1.807) is 36.4 Å². The molecule has 2 aromatic carbocycles. The first-order chi connectivity index (χ1) is 14.0. The van der Waals surface area contributed by atoms with Gasteiger partial charge in [0.25, 0.3) is 5.69 Å². The molecule has 0 radical (unpaired) electrons. The highest BCUT2D eigenvalue weighted by Gasteiger charge is 2.29. The number of nitro groups is 1. The molecule has 1 aliphatic heterocycles. The minimum atomic E-state index is -0.483. The van der Waals surface area contributed by atoms with Gasteiger partial charge >= 0.3 is 0 Å². The maximum absolute atomic E-state index is 11.2. The topological polar surface area (TPSA) is 58.8 Å². The van der Waals surface area contributed by atoms with E-state index in [1.807, 2.05) is 34.3 Å². The van der Waals surface area contributed by atoms with Crippen molar-refractivity contribution in [2.24, 2.45) is 0 Å². The standard InChI is InChI=1S/C21H21Cl2N3O3.BrH/c1-2-13-29-20(16-7-9-18(22)10-8-16)21(23)25-12-11-24(15-25)14-17-5-3-4-6-19(17)26(27)28;/h2-12,20-21H,1,13-15H2;1H. The molecule has 0 aliphatic carbocycles. The molecule has 0 N–H and O–H groups in total. The molecular formula is C21H22BrCl2N3O3. The van der Waals surface area contributed by atoms with Gasteiger partial charge in [0, 0.05) is 29.1 Å². The third-order valence-corrected chi connectivity index (χ3v) is 5.27. The molecule has 0 fully saturated rings. The third kappa shape index (κ3) is 5.98. The summed E-state index contributed by atoms with van der Waals surface area (Å²) in [5.41, 5.74) is 1.17. The van der Waals surface area contributed by atoms with E-state index in [0.717, 1.165) is 5.56 Å². The van der Waals surface area contributed by atoms with Crippen LogP contribution in [0, 0.1) is 10.1 Å². The molecule has 0 spiro atoms. The van der Waals surface area contributed by atoms with E-state index in [0.29, 0.717) is 30.4 Å². The maximum Gasteiger partial charge on any atom is 0.274 e. The van der Waals surface area contributed by atoms with E-state index in [1.165, 1.54) is 6.07 Å². The second-order valence-corrected chi connectivity index (χ2v) is 7.44. The number of hydrogen-bond acceptors (Lipinski definition) is 5. The van der Waals surface area contributed by atoms with Crippen molar-refractivity contribution < 1.29 is 9.66 Å². The highest BCUT2D eigenvalue weighted by molar-refractivity contribution is 8.93. The molecule has 2 unspecified atom stereocenters. The monoisotopic (exact) mass is 513 g/mol. The van der Waals surface area contributed by atoms with Gasteiger partial charge in [-0.25, -0.2) is 0 Å². The van der Waals surface area contributed by atoms with Crippen LogP contribution in [0.3, 0.4) is 0 Å². The fraction of sp³-hybridized carbons (Fsp3) is 0.238. The first-order valence-corrected chi connectivity index (χ1v) is 9.83. The summed E-state index contributed by atoms with van der Waals surface area (Å²) in [6.07, 6.45) is 5.01. The number of hydrogen-bond donors (Lipinski definition) is 0. The Morgan fingerprint density at radius 1 is 1.20 bits per heavy atom. The zero-order valence-electron chi connectivity index (χ0n) is 16.1. The Morgan fingerprint density at radius 2 is 1.90 bits per heavy atom. The predicted molar refractivity (Wildman–Crippen MR) is 125 cm³/mol. The average molecular weight is 515 g/mol. The van der Waals surface area contributed by atoms with Crippen molar-refractivity contribution in [3.63, 3.8) is 0 Å². The van der Waals surface area contributed by atoms with Gasteiger partial charge < -0.3 is 14.5 Å². The van der Waals surface area contributed by atoms with Crippen LogP contribution in [0.15, 0.2) is 73.6 Å². The first kappa shape index (κ1) is 24.2. The smallest absolute Gasteiger partial charge is 0.274 e. The predicted octanol–water partition coefficient (Wildman–Crippen LogP) is 5.88. The largest absolute Gasteiger partial charge is 0.366 e. The lowest BCUT2D eigenvalue weighted by Gasteiger charge is -2.31. The molecule has 0 aromatic heterocycles. The van der Waals surface area contributed by atoms with E-state index in [9.17, 15) is 10.1 Å². The summed E-state index contributed by atoms with van der Waals surface area (Å²) in [6, 6.07) is 14.1. The Bertz CT molecular complexity index is 895. The number of alkyl halides is 1. The van der Waals surface area contributed by atoms with E-state index in [-0.39, 0.29) is 27.6 Å². The SMILES string of the molecule is Br.C=CCOC(c1ccc(Cl)cc1)C(Cl)N1C=CN(Cc2ccccc2[N+](=O)[O-])C1. The minimum Gasteiger partial charge on any atom is -0.366 e. The Balaban J connectivity index is 0.00000320. The number of para-hydroxylation sites is 1. The summed E-state index contributed by atoms with van der Waals surface area (Å²) in [4.78, 5) is 14.8. The summed E-state index contributed by atoms with van der Waals surface area (Å²) in [6.45, 7) is 4.95. The molecule has 1 heterocycles. The second kappa shape index (κ2) is 11.4. The van der Waals surface area contributed by atoms with Crippen LogP contribution in [0.5, 0.6) is 0 Å².